The Balaban J connectivity index is 1.39. The van der Waals surface area contributed by atoms with E-state index in [0.717, 1.165) is 19.4 Å². The van der Waals surface area contributed by atoms with Gasteiger partial charge in [-0.1, -0.05) is 0 Å². The Kier molecular flexibility index (Phi) is 5.66. The molecule has 4 atom stereocenters. The molecule has 0 spiro atoms. The Morgan fingerprint density at radius 1 is 1.10 bits per heavy atom. The maximum Gasteiger partial charge on any atom is 0.259 e. The van der Waals surface area contributed by atoms with Crippen LogP contribution in [0.4, 0.5) is 5.69 Å². The van der Waals surface area contributed by atoms with Crippen LogP contribution in [-0.2, 0) is 0 Å². The SMILES string of the molecule is Cc1occc1C(=O)Nc1ccc(C(=O)N2C[C@H]3C[C@@H](N(C)C)[C@H](O)C[C@H]3C2)cc1. The molecule has 7 heteroatoms. The average Bonchev–Trinajstić information content (AvgIpc) is 3.32. The summed E-state index contributed by atoms with van der Waals surface area (Å²) in [6.45, 7) is 3.17. The van der Waals surface area contributed by atoms with Crippen molar-refractivity contribution in [2.45, 2.75) is 31.9 Å². The maximum absolute atomic E-state index is 13.0. The highest BCUT2D eigenvalue weighted by atomic mass is 16.3. The highest BCUT2D eigenvalue weighted by molar-refractivity contribution is 6.05. The first kappa shape index (κ1) is 20.6. The first-order valence-electron chi connectivity index (χ1n) is 10.4. The van der Waals surface area contributed by atoms with E-state index in [0.29, 0.717) is 41.0 Å². The monoisotopic (exact) mass is 411 g/mol. The molecule has 2 fully saturated rings. The number of amides is 2. The number of likely N-dealkylation sites (tertiary alicyclic amines) is 1. The van der Waals surface area contributed by atoms with Gasteiger partial charge in [0.05, 0.1) is 17.9 Å². The molecule has 160 valence electrons. The lowest BCUT2D eigenvalue weighted by molar-refractivity contribution is 0.00940. The molecule has 2 N–H and O–H groups in total. The number of carbonyl (C=O) groups is 2. The molecule has 1 aliphatic heterocycles. The molecule has 2 aliphatic rings. The highest BCUT2D eigenvalue weighted by Crippen LogP contribution is 2.38. The van der Waals surface area contributed by atoms with Gasteiger partial charge in [0.15, 0.2) is 0 Å². The second-order valence-corrected chi connectivity index (χ2v) is 8.72. The fourth-order valence-corrected chi connectivity index (χ4v) is 4.83. The summed E-state index contributed by atoms with van der Waals surface area (Å²) in [6.07, 6.45) is 2.81. The molecule has 0 unspecified atom stereocenters. The molecule has 0 bridgehead atoms. The number of benzene rings is 1. The van der Waals surface area contributed by atoms with Crippen LogP contribution < -0.4 is 5.32 Å². The number of nitrogens with one attached hydrogen (secondary N) is 1. The summed E-state index contributed by atoms with van der Waals surface area (Å²) < 4.78 is 5.17. The standard InChI is InChI=1S/C23H29N3O4/c1-14-19(8-9-30-14)22(28)24-18-6-4-15(5-7-18)23(29)26-12-16-10-20(25(2)3)21(27)11-17(16)13-26/h4-9,16-17,20-21,27H,10-13H2,1-3H3,(H,24,28)/t16-,17+,20-,21-/m1/s1. The molecule has 1 aromatic heterocycles. The van der Waals surface area contributed by atoms with Crippen LogP contribution in [-0.4, -0.2) is 66.1 Å². The summed E-state index contributed by atoms with van der Waals surface area (Å²) in [4.78, 5) is 29.3. The molecule has 30 heavy (non-hydrogen) atoms. The topological polar surface area (TPSA) is 86.0 Å². The minimum Gasteiger partial charge on any atom is -0.469 e. The third-order valence-electron chi connectivity index (χ3n) is 6.55. The summed E-state index contributed by atoms with van der Waals surface area (Å²) in [5.74, 6) is 1.12. The van der Waals surface area contributed by atoms with E-state index < -0.39 is 0 Å². The Morgan fingerprint density at radius 3 is 2.37 bits per heavy atom. The molecule has 1 aromatic carbocycles. The average molecular weight is 412 g/mol. The van der Waals surface area contributed by atoms with Gasteiger partial charge < -0.3 is 24.6 Å². The van der Waals surface area contributed by atoms with Crippen LogP contribution in [0.25, 0.3) is 0 Å². The van der Waals surface area contributed by atoms with E-state index in [2.05, 4.69) is 10.2 Å². The maximum atomic E-state index is 13.0. The van der Waals surface area contributed by atoms with Gasteiger partial charge in [-0.15, -0.1) is 0 Å². The Hall–Kier alpha value is -2.64. The van der Waals surface area contributed by atoms with E-state index in [-0.39, 0.29) is 24.0 Å². The molecular formula is C23H29N3O4. The van der Waals surface area contributed by atoms with Crippen molar-refractivity contribution < 1.29 is 19.1 Å². The van der Waals surface area contributed by atoms with E-state index in [1.807, 2.05) is 19.0 Å². The van der Waals surface area contributed by atoms with Gasteiger partial charge in [-0.25, -0.2) is 0 Å². The molecular weight excluding hydrogens is 382 g/mol. The largest absolute Gasteiger partial charge is 0.469 e. The molecule has 0 radical (unpaired) electrons. The summed E-state index contributed by atoms with van der Waals surface area (Å²) in [5, 5.41) is 13.3. The Bertz CT molecular complexity index is 921. The van der Waals surface area contributed by atoms with Gasteiger partial charge in [0.1, 0.15) is 5.76 Å². The van der Waals surface area contributed by atoms with Crippen LogP contribution in [0.5, 0.6) is 0 Å². The zero-order valence-corrected chi connectivity index (χ0v) is 17.7. The molecule has 2 heterocycles. The number of aryl methyl sites for hydroxylation is 1. The fourth-order valence-electron chi connectivity index (χ4n) is 4.83. The van der Waals surface area contributed by atoms with E-state index in [1.165, 1.54) is 6.26 Å². The lowest BCUT2D eigenvalue weighted by atomic mass is 9.77. The van der Waals surface area contributed by atoms with Gasteiger partial charge in [-0.3, -0.25) is 9.59 Å². The first-order valence-corrected chi connectivity index (χ1v) is 10.4. The van der Waals surface area contributed by atoms with Crippen LogP contribution in [0, 0.1) is 18.8 Å². The summed E-state index contributed by atoms with van der Waals surface area (Å²) >= 11 is 0. The zero-order chi connectivity index (χ0) is 21.4. The number of fused-ring (bicyclic) bond motifs is 1. The summed E-state index contributed by atoms with van der Waals surface area (Å²) in [6, 6.07) is 8.78. The van der Waals surface area contributed by atoms with E-state index in [4.69, 9.17) is 4.42 Å². The van der Waals surface area contributed by atoms with Crippen LogP contribution in [0.3, 0.4) is 0 Å². The number of hydrogen-bond acceptors (Lipinski definition) is 5. The smallest absolute Gasteiger partial charge is 0.259 e. The number of aliphatic hydroxyl groups excluding tert-OH is 1. The van der Waals surface area contributed by atoms with Crippen molar-refractivity contribution in [2.75, 3.05) is 32.5 Å². The van der Waals surface area contributed by atoms with E-state index >= 15 is 0 Å². The van der Waals surface area contributed by atoms with E-state index in [9.17, 15) is 14.7 Å². The van der Waals surface area contributed by atoms with Gasteiger partial charge in [-0.05, 0) is 76.0 Å². The molecule has 1 saturated carbocycles. The van der Waals surface area contributed by atoms with Gasteiger partial charge in [0.2, 0.25) is 0 Å². The summed E-state index contributed by atoms with van der Waals surface area (Å²) in [7, 11) is 4.00. The molecule has 2 amide bonds. The van der Waals surface area contributed by atoms with Crippen LogP contribution >= 0.6 is 0 Å². The van der Waals surface area contributed by atoms with Crippen molar-refractivity contribution in [3.05, 3.63) is 53.5 Å². The van der Waals surface area contributed by atoms with Crippen molar-refractivity contribution in [1.82, 2.24) is 9.80 Å². The predicted octanol–water partition coefficient (Wildman–Crippen LogP) is 2.61. The van der Waals surface area contributed by atoms with Crippen molar-refractivity contribution >= 4 is 17.5 Å². The molecule has 2 aromatic rings. The third-order valence-corrected chi connectivity index (χ3v) is 6.55. The Morgan fingerprint density at radius 2 is 1.77 bits per heavy atom. The number of furan rings is 1. The molecule has 4 rings (SSSR count). The number of likely N-dealkylation sites (N-methyl/N-ethyl adjacent to an activating group) is 1. The van der Waals surface area contributed by atoms with Gasteiger partial charge in [0, 0.05) is 30.4 Å². The van der Waals surface area contributed by atoms with Gasteiger partial charge >= 0.3 is 0 Å². The number of aliphatic hydroxyl groups is 1. The highest BCUT2D eigenvalue weighted by Gasteiger charge is 2.43. The van der Waals surface area contributed by atoms with Crippen molar-refractivity contribution in [3.8, 4) is 0 Å². The lowest BCUT2D eigenvalue weighted by Gasteiger charge is -2.38. The number of carbonyl (C=O) groups excluding carboxylic acids is 2. The quantitative estimate of drug-likeness (QED) is 0.808. The number of rotatable bonds is 4. The zero-order valence-electron chi connectivity index (χ0n) is 17.7. The Labute approximate surface area is 176 Å². The molecule has 1 aliphatic carbocycles. The fraction of sp³-hybridized carbons (Fsp3) is 0.478. The lowest BCUT2D eigenvalue weighted by Crippen LogP contribution is -2.46. The minimum atomic E-state index is -0.335. The third kappa shape index (κ3) is 4.00. The van der Waals surface area contributed by atoms with Crippen molar-refractivity contribution in [3.63, 3.8) is 0 Å². The van der Waals surface area contributed by atoms with Crippen molar-refractivity contribution in [1.29, 1.82) is 0 Å². The van der Waals surface area contributed by atoms with Crippen LogP contribution in [0.1, 0.15) is 39.3 Å². The first-order chi connectivity index (χ1) is 14.3. The van der Waals surface area contributed by atoms with Crippen molar-refractivity contribution in [2.24, 2.45) is 11.8 Å². The minimum absolute atomic E-state index is 0.00356. The van der Waals surface area contributed by atoms with Gasteiger partial charge in [0.25, 0.3) is 11.8 Å². The number of nitrogens with zero attached hydrogens (tertiary/aromatic N) is 2. The van der Waals surface area contributed by atoms with Crippen LogP contribution in [0.15, 0.2) is 41.0 Å². The van der Waals surface area contributed by atoms with Gasteiger partial charge in [-0.2, -0.15) is 0 Å². The predicted molar refractivity (Wildman–Crippen MR) is 113 cm³/mol. The van der Waals surface area contributed by atoms with Crippen LogP contribution in [0.2, 0.25) is 0 Å². The van der Waals surface area contributed by atoms with E-state index in [1.54, 1.807) is 37.3 Å². The second-order valence-electron chi connectivity index (χ2n) is 8.72. The normalized spacial score (nSPS) is 26.0. The molecule has 7 nitrogen and oxygen atoms in total. The summed E-state index contributed by atoms with van der Waals surface area (Å²) in [5.41, 5.74) is 1.73. The number of hydrogen-bond donors (Lipinski definition) is 2. The second kappa shape index (κ2) is 8.24. The molecule has 1 saturated heterocycles. The number of anilines is 1.